The van der Waals surface area contributed by atoms with Gasteiger partial charge < -0.3 is 15.0 Å². The van der Waals surface area contributed by atoms with E-state index >= 15 is 0 Å². The Balaban J connectivity index is 2.22. The molecule has 1 atom stereocenters. The fourth-order valence-corrected chi connectivity index (χ4v) is 2.54. The lowest BCUT2D eigenvalue weighted by atomic mass is 10.1. The van der Waals surface area contributed by atoms with Crippen molar-refractivity contribution in [1.29, 1.82) is 0 Å². The van der Waals surface area contributed by atoms with Crippen molar-refractivity contribution < 1.29 is 4.74 Å². The van der Waals surface area contributed by atoms with E-state index in [0.717, 1.165) is 37.8 Å². The van der Waals surface area contributed by atoms with Crippen LogP contribution >= 0.6 is 11.6 Å². The minimum atomic E-state index is 0.282. The van der Waals surface area contributed by atoms with Gasteiger partial charge in [-0.2, -0.15) is 0 Å². The molecule has 0 bridgehead atoms. The van der Waals surface area contributed by atoms with Crippen LogP contribution in [0.2, 0.25) is 5.02 Å². The summed E-state index contributed by atoms with van der Waals surface area (Å²) in [4.78, 5) is 2.37. The van der Waals surface area contributed by atoms with Crippen molar-refractivity contribution >= 4 is 17.3 Å². The first-order chi connectivity index (χ1) is 8.72. The Morgan fingerprint density at radius 1 is 1.50 bits per heavy atom. The highest BCUT2D eigenvalue weighted by molar-refractivity contribution is 6.31. The number of hydrogen-bond donors (Lipinski definition) is 1. The highest BCUT2D eigenvalue weighted by Gasteiger charge is 2.20. The Kier molecular flexibility index (Phi) is 4.87. The van der Waals surface area contributed by atoms with Crippen LogP contribution in [0.1, 0.15) is 19.4 Å². The van der Waals surface area contributed by atoms with Crippen LogP contribution < -0.4 is 10.2 Å². The Morgan fingerprint density at radius 2 is 2.33 bits per heavy atom. The molecule has 2 rings (SSSR count). The number of nitrogens with one attached hydrogen (secondary N) is 1. The molecule has 1 fully saturated rings. The number of morpholine rings is 1. The average molecular weight is 269 g/mol. The SMILES string of the molecule is CCNCc1c(Cl)cccc1N1CCOC(C)C1. The summed E-state index contributed by atoms with van der Waals surface area (Å²) >= 11 is 6.32. The summed E-state index contributed by atoms with van der Waals surface area (Å²) in [6.07, 6.45) is 0.282. The molecule has 0 spiro atoms. The smallest absolute Gasteiger partial charge is 0.0722 e. The second kappa shape index (κ2) is 6.41. The lowest BCUT2D eigenvalue weighted by Crippen LogP contribution is -2.41. The van der Waals surface area contributed by atoms with E-state index in [0.29, 0.717) is 0 Å². The Morgan fingerprint density at radius 3 is 3.06 bits per heavy atom. The van der Waals surface area contributed by atoms with E-state index in [1.54, 1.807) is 0 Å². The molecule has 1 aromatic carbocycles. The fourth-order valence-electron chi connectivity index (χ4n) is 2.31. The number of halogens is 1. The highest BCUT2D eigenvalue weighted by Crippen LogP contribution is 2.28. The largest absolute Gasteiger partial charge is 0.375 e. The van der Waals surface area contributed by atoms with E-state index in [1.165, 1.54) is 11.3 Å². The van der Waals surface area contributed by atoms with Gasteiger partial charge in [0.2, 0.25) is 0 Å². The molecular formula is C14H21ClN2O. The summed E-state index contributed by atoms with van der Waals surface area (Å²) in [5.74, 6) is 0. The van der Waals surface area contributed by atoms with Crippen molar-refractivity contribution in [2.75, 3.05) is 31.1 Å². The van der Waals surface area contributed by atoms with Gasteiger partial charge in [-0.05, 0) is 25.6 Å². The number of rotatable bonds is 4. The summed E-state index contributed by atoms with van der Waals surface area (Å²) < 4.78 is 5.59. The second-order valence-corrected chi connectivity index (χ2v) is 5.05. The second-order valence-electron chi connectivity index (χ2n) is 4.65. The van der Waals surface area contributed by atoms with Crippen LogP contribution in [0.15, 0.2) is 18.2 Å². The van der Waals surface area contributed by atoms with Crippen molar-refractivity contribution in [3.05, 3.63) is 28.8 Å². The molecule has 1 saturated heterocycles. The first-order valence-corrected chi connectivity index (χ1v) is 6.94. The number of anilines is 1. The average Bonchev–Trinajstić information content (AvgIpc) is 2.37. The zero-order valence-electron chi connectivity index (χ0n) is 11.1. The van der Waals surface area contributed by atoms with Gasteiger partial charge in [-0.1, -0.05) is 24.6 Å². The standard InChI is InChI=1S/C14H21ClN2O/c1-3-16-9-12-13(15)5-4-6-14(12)17-7-8-18-11(2)10-17/h4-6,11,16H,3,7-10H2,1-2H3. The molecule has 1 unspecified atom stereocenters. The van der Waals surface area contributed by atoms with Crippen LogP contribution in [0, 0.1) is 0 Å². The van der Waals surface area contributed by atoms with Gasteiger partial charge in [0.15, 0.2) is 0 Å². The molecule has 3 nitrogen and oxygen atoms in total. The van der Waals surface area contributed by atoms with E-state index in [4.69, 9.17) is 16.3 Å². The van der Waals surface area contributed by atoms with E-state index in [9.17, 15) is 0 Å². The quantitative estimate of drug-likeness (QED) is 0.909. The zero-order chi connectivity index (χ0) is 13.0. The number of hydrogen-bond acceptors (Lipinski definition) is 3. The van der Waals surface area contributed by atoms with Crippen molar-refractivity contribution in [2.45, 2.75) is 26.5 Å². The topological polar surface area (TPSA) is 24.5 Å². The van der Waals surface area contributed by atoms with Crippen molar-refractivity contribution in [3.8, 4) is 0 Å². The van der Waals surface area contributed by atoms with E-state index in [-0.39, 0.29) is 6.10 Å². The Bertz CT molecular complexity index is 397. The van der Waals surface area contributed by atoms with Gasteiger partial charge in [-0.3, -0.25) is 0 Å². The lowest BCUT2D eigenvalue weighted by molar-refractivity contribution is 0.0531. The minimum absolute atomic E-state index is 0.282. The predicted octanol–water partition coefficient (Wildman–Crippen LogP) is 2.67. The third kappa shape index (κ3) is 3.16. The molecule has 1 N–H and O–H groups in total. The third-order valence-corrected chi connectivity index (χ3v) is 3.58. The maximum Gasteiger partial charge on any atom is 0.0722 e. The molecule has 1 aromatic rings. The molecule has 0 radical (unpaired) electrons. The van der Waals surface area contributed by atoms with Crippen LogP contribution in [-0.2, 0) is 11.3 Å². The van der Waals surface area contributed by atoms with Crippen LogP contribution in [0.25, 0.3) is 0 Å². The molecular weight excluding hydrogens is 248 g/mol. The summed E-state index contributed by atoms with van der Waals surface area (Å²) in [5, 5.41) is 4.19. The highest BCUT2D eigenvalue weighted by atomic mass is 35.5. The predicted molar refractivity (Wildman–Crippen MR) is 76.5 cm³/mol. The molecule has 18 heavy (non-hydrogen) atoms. The van der Waals surface area contributed by atoms with Gasteiger partial charge in [-0.15, -0.1) is 0 Å². The molecule has 1 aliphatic rings. The van der Waals surface area contributed by atoms with Gasteiger partial charge in [0, 0.05) is 35.9 Å². The minimum Gasteiger partial charge on any atom is -0.375 e. The lowest BCUT2D eigenvalue weighted by Gasteiger charge is -2.34. The first-order valence-electron chi connectivity index (χ1n) is 6.57. The number of benzene rings is 1. The first kappa shape index (κ1) is 13.7. The zero-order valence-corrected chi connectivity index (χ0v) is 11.8. The summed E-state index contributed by atoms with van der Waals surface area (Å²) in [6, 6.07) is 6.13. The molecule has 0 saturated carbocycles. The van der Waals surface area contributed by atoms with Crippen molar-refractivity contribution in [2.24, 2.45) is 0 Å². The van der Waals surface area contributed by atoms with Gasteiger partial charge >= 0.3 is 0 Å². The molecule has 100 valence electrons. The van der Waals surface area contributed by atoms with Gasteiger partial charge in [0.05, 0.1) is 12.7 Å². The normalized spacial score (nSPS) is 20.2. The van der Waals surface area contributed by atoms with E-state index in [2.05, 4.69) is 30.1 Å². The molecule has 0 aromatic heterocycles. The summed E-state index contributed by atoms with van der Waals surface area (Å²) in [6.45, 7) is 8.63. The molecule has 0 aliphatic carbocycles. The van der Waals surface area contributed by atoms with Crippen LogP contribution in [-0.4, -0.2) is 32.3 Å². The molecule has 0 amide bonds. The van der Waals surface area contributed by atoms with Crippen molar-refractivity contribution in [1.82, 2.24) is 5.32 Å². The molecule has 1 aliphatic heterocycles. The Labute approximate surface area is 114 Å². The fraction of sp³-hybridized carbons (Fsp3) is 0.571. The number of nitrogens with zero attached hydrogens (tertiary/aromatic N) is 1. The van der Waals surface area contributed by atoms with Crippen molar-refractivity contribution in [3.63, 3.8) is 0 Å². The molecule has 4 heteroatoms. The van der Waals surface area contributed by atoms with E-state index < -0.39 is 0 Å². The van der Waals surface area contributed by atoms with Crippen LogP contribution in [0.3, 0.4) is 0 Å². The molecule has 1 heterocycles. The summed E-state index contributed by atoms with van der Waals surface area (Å²) in [5.41, 5.74) is 2.42. The van der Waals surface area contributed by atoms with Gasteiger partial charge in [0.25, 0.3) is 0 Å². The Hall–Kier alpha value is -0.770. The number of ether oxygens (including phenoxy) is 1. The summed E-state index contributed by atoms with van der Waals surface area (Å²) in [7, 11) is 0. The van der Waals surface area contributed by atoms with Crippen LogP contribution in [0.4, 0.5) is 5.69 Å². The van der Waals surface area contributed by atoms with E-state index in [1.807, 2.05) is 12.1 Å². The van der Waals surface area contributed by atoms with Crippen LogP contribution in [0.5, 0.6) is 0 Å². The third-order valence-electron chi connectivity index (χ3n) is 3.23. The van der Waals surface area contributed by atoms with Gasteiger partial charge in [-0.25, -0.2) is 0 Å². The van der Waals surface area contributed by atoms with Gasteiger partial charge in [0.1, 0.15) is 0 Å². The maximum absolute atomic E-state index is 6.32. The monoisotopic (exact) mass is 268 g/mol. The maximum atomic E-state index is 6.32.